The molecule has 0 aliphatic carbocycles. The Bertz CT molecular complexity index is 1080. The van der Waals surface area contributed by atoms with E-state index in [1.807, 2.05) is 54.6 Å². The van der Waals surface area contributed by atoms with Crippen LogP contribution in [0, 0.1) is 0 Å². The van der Waals surface area contributed by atoms with E-state index < -0.39 is 0 Å². The average molecular weight is 375 g/mol. The van der Waals surface area contributed by atoms with E-state index in [4.69, 9.17) is 15.0 Å². The van der Waals surface area contributed by atoms with Gasteiger partial charge in [-0.3, -0.25) is 0 Å². The quantitative estimate of drug-likeness (QED) is 0.523. The van der Waals surface area contributed by atoms with Crippen molar-refractivity contribution in [1.82, 2.24) is 25.1 Å². The Morgan fingerprint density at radius 1 is 0.964 bits per heavy atom. The fraction of sp³-hybridized carbons (Fsp3) is 0.105. The number of aromatic nitrogens is 5. The van der Waals surface area contributed by atoms with Crippen LogP contribution in [0.25, 0.3) is 11.5 Å². The van der Waals surface area contributed by atoms with Crippen LogP contribution in [0.15, 0.2) is 59.1 Å². The fourth-order valence-corrected chi connectivity index (χ4v) is 2.56. The molecule has 0 aliphatic rings. The number of hydrogen-bond donors (Lipinski definition) is 2. The van der Waals surface area contributed by atoms with E-state index in [2.05, 4.69) is 30.4 Å². The van der Waals surface area contributed by atoms with Gasteiger partial charge in [0, 0.05) is 11.3 Å². The molecule has 2 aromatic heterocycles. The lowest BCUT2D eigenvalue weighted by atomic mass is 10.2. The van der Waals surface area contributed by atoms with Crippen molar-refractivity contribution in [2.45, 2.75) is 6.42 Å². The highest BCUT2D eigenvalue weighted by atomic mass is 16.5. The summed E-state index contributed by atoms with van der Waals surface area (Å²) in [5, 5.41) is 7.09. The predicted octanol–water partition coefficient (Wildman–Crippen LogP) is 2.85. The molecule has 0 unspecified atom stereocenters. The molecule has 9 nitrogen and oxygen atoms in total. The van der Waals surface area contributed by atoms with Crippen molar-refractivity contribution < 1.29 is 9.26 Å². The summed E-state index contributed by atoms with van der Waals surface area (Å²) in [6.07, 6.45) is 0.254. The van der Waals surface area contributed by atoms with Crippen LogP contribution < -0.4 is 15.8 Å². The van der Waals surface area contributed by atoms with Gasteiger partial charge in [-0.1, -0.05) is 29.4 Å². The topological polar surface area (TPSA) is 125 Å². The highest BCUT2D eigenvalue weighted by molar-refractivity contribution is 5.56. The normalized spacial score (nSPS) is 10.6. The Labute approximate surface area is 160 Å². The Balaban J connectivity index is 1.54. The lowest BCUT2D eigenvalue weighted by Gasteiger charge is -2.06. The summed E-state index contributed by atoms with van der Waals surface area (Å²) < 4.78 is 10.6. The number of rotatable bonds is 6. The number of anilines is 3. The number of benzene rings is 2. The number of hydrogen-bond acceptors (Lipinski definition) is 9. The van der Waals surface area contributed by atoms with Gasteiger partial charge in [-0.25, -0.2) is 0 Å². The number of nitrogens with zero attached hydrogens (tertiary/aromatic N) is 5. The van der Waals surface area contributed by atoms with Crippen molar-refractivity contribution in [3.05, 3.63) is 66.2 Å². The van der Waals surface area contributed by atoms with E-state index in [1.165, 1.54) is 0 Å². The Kier molecular flexibility index (Phi) is 4.79. The van der Waals surface area contributed by atoms with Crippen molar-refractivity contribution in [2.24, 2.45) is 0 Å². The zero-order valence-electron chi connectivity index (χ0n) is 15.0. The Morgan fingerprint density at radius 3 is 2.64 bits per heavy atom. The maximum Gasteiger partial charge on any atom is 0.258 e. The number of nitrogen functional groups attached to an aromatic ring is 1. The lowest BCUT2D eigenvalue weighted by Crippen LogP contribution is -2.08. The first-order valence-electron chi connectivity index (χ1n) is 8.49. The van der Waals surface area contributed by atoms with Crippen LogP contribution in [0.5, 0.6) is 5.75 Å². The van der Waals surface area contributed by atoms with Crippen LogP contribution in [0.3, 0.4) is 0 Å². The number of ether oxygens (including phenoxy) is 1. The molecule has 0 radical (unpaired) electrons. The van der Waals surface area contributed by atoms with Crippen molar-refractivity contribution >= 4 is 17.6 Å². The molecular weight excluding hydrogens is 358 g/mol. The molecule has 4 aromatic rings. The van der Waals surface area contributed by atoms with Crippen LogP contribution in [0.1, 0.15) is 11.6 Å². The standard InChI is InChI=1S/C19H17N7O2/c1-27-14-9-5-6-12(10-14)17-22-16(26-28-17)11-15-23-18(20)25-19(24-15)21-13-7-3-2-4-8-13/h2-10H,11H2,1H3,(H3,20,21,23,24,25). The fourth-order valence-electron chi connectivity index (χ4n) is 2.56. The summed E-state index contributed by atoms with van der Waals surface area (Å²) in [5.41, 5.74) is 7.42. The molecule has 4 rings (SSSR count). The number of para-hydroxylation sites is 1. The highest BCUT2D eigenvalue weighted by Gasteiger charge is 2.13. The third-order valence-corrected chi connectivity index (χ3v) is 3.83. The SMILES string of the molecule is COc1cccc(-c2nc(Cc3nc(N)nc(Nc4ccccc4)n3)no2)c1. The second kappa shape index (κ2) is 7.70. The predicted molar refractivity (Wildman–Crippen MR) is 103 cm³/mol. The molecule has 0 saturated heterocycles. The molecule has 0 amide bonds. The van der Waals surface area contributed by atoms with Crippen LogP contribution in [0.2, 0.25) is 0 Å². The first-order chi connectivity index (χ1) is 13.7. The van der Waals surface area contributed by atoms with E-state index in [1.54, 1.807) is 7.11 Å². The van der Waals surface area contributed by atoms with Gasteiger partial charge in [0.2, 0.25) is 11.9 Å². The van der Waals surface area contributed by atoms with E-state index in [0.29, 0.717) is 29.2 Å². The molecule has 2 heterocycles. The van der Waals surface area contributed by atoms with E-state index in [0.717, 1.165) is 11.3 Å². The smallest absolute Gasteiger partial charge is 0.258 e. The third kappa shape index (κ3) is 4.04. The molecule has 0 atom stereocenters. The molecule has 0 fully saturated rings. The summed E-state index contributed by atoms with van der Waals surface area (Å²) in [4.78, 5) is 17.0. The zero-order valence-corrected chi connectivity index (χ0v) is 15.0. The van der Waals surface area contributed by atoms with Gasteiger partial charge in [-0.15, -0.1) is 0 Å². The first kappa shape index (κ1) is 17.4. The zero-order chi connectivity index (χ0) is 19.3. The number of nitrogens with one attached hydrogen (secondary N) is 1. The maximum absolute atomic E-state index is 5.81. The van der Waals surface area contributed by atoms with Crippen LogP contribution in [-0.2, 0) is 6.42 Å². The molecule has 0 spiro atoms. The molecule has 28 heavy (non-hydrogen) atoms. The molecule has 0 aliphatic heterocycles. The van der Waals surface area contributed by atoms with E-state index >= 15 is 0 Å². The summed E-state index contributed by atoms with van der Waals surface area (Å²) in [7, 11) is 1.60. The molecule has 9 heteroatoms. The minimum Gasteiger partial charge on any atom is -0.497 e. The van der Waals surface area contributed by atoms with E-state index in [-0.39, 0.29) is 12.4 Å². The van der Waals surface area contributed by atoms with Crippen LogP contribution in [-0.4, -0.2) is 32.2 Å². The van der Waals surface area contributed by atoms with Crippen molar-refractivity contribution in [3.63, 3.8) is 0 Å². The largest absolute Gasteiger partial charge is 0.497 e. The second-order valence-corrected chi connectivity index (χ2v) is 5.85. The molecule has 140 valence electrons. The van der Waals surface area contributed by atoms with Gasteiger partial charge in [0.25, 0.3) is 5.89 Å². The number of methoxy groups -OCH3 is 1. The summed E-state index contributed by atoms with van der Waals surface area (Å²) in [5.74, 6) is 2.43. The molecular formula is C19H17N7O2. The molecule has 0 saturated carbocycles. The molecule has 2 aromatic carbocycles. The average Bonchev–Trinajstić information content (AvgIpc) is 3.17. The third-order valence-electron chi connectivity index (χ3n) is 3.83. The lowest BCUT2D eigenvalue weighted by molar-refractivity contribution is 0.412. The minimum atomic E-state index is 0.111. The van der Waals surface area contributed by atoms with Gasteiger partial charge in [-0.05, 0) is 30.3 Å². The monoisotopic (exact) mass is 375 g/mol. The van der Waals surface area contributed by atoms with Gasteiger partial charge in [0.15, 0.2) is 5.82 Å². The highest BCUT2D eigenvalue weighted by Crippen LogP contribution is 2.22. The van der Waals surface area contributed by atoms with Crippen LogP contribution >= 0.6 is 0 Å². The number of nitrogens with two attached hydrogens (primary N) is 1. The molecule has 0 bridgehead atoms. The van der Waals surface area contributed by atoms with Gasteiger partial charge in [0.1, 0.15) is 11.6 Å². The Morgan fingerprint density at radius 2 is 1.82 bits per heavy atom. The van der Waals surface area contributed by atoms with Crippen LogP contribution in [0.4, 0.5) is 17.6 Å². The van der Waals surface area contributed by atoms with E-state index in [9.17, 15) is 0 Å². The summed E-state index contributed by atoms with van der Waals surface area (Å²) >= 11 is 0. The first-order valence-corrected chi connectivity index (χ1v) is 8.49. The van der Waals surface area contributed by atoms with Gasteiger partial charge < -0.3 is 20.3 Å². The molecule has 3 N–H and O–H groups in total. The maximum atomic E-state index is 5.81. The van der Waals surface area contributed by atoms with Crippen molar-refractivity contribution in [3.8, 4) is 17.2 Å². The summed E-state index contributed by atoms with van der Waals surface area (Å²) in [6.45, 7) is 0. The summed E-state index contributed by atoms with van der Waals surface area (Å²) in [6, 6.07) is 16.9. The minimum absolute atomic E-state index is 0.111. The van der Waals surface area contributed by atoms with Crippen molar-refractivity contribution in [2.75, 3.05) is 18.2 Å². The van der Waals surface area contributed by atoms with Gasteiger partial charge >= 0.3 is 0 Å². The van der Waals surface area contributed by atoms with Gasteiger partial charge in [-0.2, -0.15) is 19.9 Å². The van der Waals surface area contributed by atoms with Gasteiger partial charge in [0.05, 0.1) is 13.5 Å². The van der Waals surface area contributed by atoms with Crippen molar-refractivity contribution in [1.29, 1.82) is 0 Å². The Hall–Kier alpha value is -4.01. The second-order valence-electron chi connectivity index (χ2n) is 5.85.